The maximum absolute atomic E-state index is 5.99. The van der Waals surface area contributed by atoms with Crippen molar-refractivity contribution in [1.29, 1.82) is 0 Å². The largest absolute Gasteiger partial charge is 0.496 e. The molecule has 1 aliphatic rings. The highest BCUT2D eigenvalue weighted by Gasteiger charge is 2.26. The predicted molar refractivity (Wildman–Crippen MR) is 103 cm³/mol. The molecule has 1 heterocycles. The van der Waals surface area contributed by atoms with E-state index in [1.54, 1.807) is 14.2 Å². The van der Waals surface area contributed by atoms with Crippen molar-refractivity contribution < 1.29 is 28.4 Å². The Morgan fingerprint density at radius 3 is 2.00 bits per heavy atom. The molecule has 0 N–H and O–H groups in total. The molecular weight excluding hydrogens is 348 g/mol. The molecule has 1 aliphatic heterocycles. The molecule has 1 aromatic rings. The zero-order valence-electron chi connectivity index (χ0n) is 17.4. The topological polar surface area (TPSA) is 55.4 Å². The summed E-state index contributed by atoms with van der Waals surface area (Å²) in [5.41, 5.74) is 1.70. The Morgan fingerprint density at radius 2 is 1.56 bits per heavy atom. The van der Waals surface area contributed by atoms with Crippen molar-refractivity contribution in [2.45, 2.75) is 78.4 Å². The minimum Gasteiger partial charge on any atom is -0.496 e. The van der Waals surface area contributed by atoms with E-state index in [0.29, 0.717) is 18.1 Å². The smallest absolute Gasteiger partial charge is 0.191 e. The van der Waals surface area contributed by atoms with E-state index in [4.69, 9.17) is 28.4 Å². The first-order valence-electron chi connectivity index (χ1n) is 9.73. The van der Waals surface area contributed by atoms with Gasteiger partial charge in [0.25, 0.3) is 0 Å². The van der Waals surface area contributed by atoms with Crippen molar-refractivity contribution in [3.63, 3.8) is 0 Å². The third-order valence-corrected chi connectivity index (χ3v) is 4.20. The van der Waals surface area contributed by atoms with Crippen molar-refractivity contribution in [3.05, 3.63) is 23.3 Å². The normalized spacial score (nSPS) is 17.7. The van der Waals surface area contributed by atoms with E-state index >= 15 is 0 Å². The van der Waals surface area contributed by atoms with Gasteiger partial charge in [-0.15, -0.1) is 0 Å². The molecule has 1 fully saturated rings. The quantitative estimate of drug-likeness (QED) is 0.552. The van der Waals surface area contributed by atoms with Crippen LogP contribution in [-0.2, 0) is 25.6 Å². The lowest BCUT2D eigenvalue weighted by Gasteiger charge is -2.27. The van der Waals surface area contributed by atoms with Gasteiger partial charge in [0.05, 0.1) is 38.6 Å². The SMILES string of the molecule is COc1cc(COC2CCCCO2)cc(OC)c1C(OC(C)C)OC(C)C. The van der Waals surface area contributed by atoms with Crippen molar-refractivity contribution in [1.82, 2.24) is 0 Å². The van der Waals surface area contributed by atoms with E-state index in [1.807, 2.05) is 39.8 Å². The number of hydrogen-bond donors (Lipinski definition) is 0. The van der Waals surface area contributed by atoms with Crippen LogP contribution in [-0.4, -0.2) is 39.3 Å². The maximum atomic E-state index is 5.99. The van der Waals surface area contributed by atoms with Gasteiger partial charge in [0, 0.05) is 6.61 Å². The third-order valence-electron chi connectivity index (χ3n) is 4.20. The first-order chi connectivity index (χ1) is 12.9. The molecule has 1 saturated heterocycles. The number of rotatable bonds is 10. The second-order valence-corrected chi connectivity index (χ2v) is 7.22. The number of ether oxygens (including phenoxy) is 6. The van der Waals surface area contributed by atoms with Gasteiger partial charge in [-0.2, -0.15) is 0 Å². The zero-order valence-corrected chi connectivity index (χ0v) is 17.4. The van der Waals surface area contributed by atoms with Crippen molar-refractivity contribution in [2.75, 3.05) is 20.8 Å². The summed E-state index contributed by atoms with van der Waals surface area (Å²) in [6.45, 7) is 9.09. The van der Waals surface area contributed by atoms with Gasteiger partial charge in [0.15, 0.2) is 12.6 Å². The fourth-order valence-corrected chi connectivity index (χ4v) is 3.00. The van der Waals surface area contributed by atoms with Crippen LogP contribution in [0.25, 0.3) is 0 Å². The summed E-state index contributed by atoms with van der Waals surface area (Å²) in [7, 11) is 3.27. The fourth-order valence-electron chi connectivity index (χ4n) is 3.00. The summed E-state index contributed by atoms with van der Waals surface area (Å²) in [4.78, 5) is 0. The Kier molecular flexibility index (Phi) is 8.83. The molecular formula is C21H34O6. The van der Waals surface area contributed by atoms with E-state index in [0.717, 1.165) is 37.0 Å². The zero-order chi connectivity index (χ0) is 19.8. The maximum Gasteiger partial charge on any atom is 0.191 e. The Balaban J connectivity index is 2.24. The lowest BCUT2D eigenvalue weighted by Crippen LogP contribution is -2.22. The average molecular weight is 382 g/mol. The van der Waals surface area contributed by atoms with Gasteiger partial charge in [-0.05, 0) is 64.7 Å². The van der Waals surface area contributed by atoms with Gasteiger partial charge in [-0.3, -0.25) is 0 Å². The molecule has 1 atom stereocenters. The summed E-state index contributed by atoms with van der Waals surface area (Å²) in [6.07, 6.45) is 2.44. The summed E-state index contributed by atoms with van der Waals surface area (Å²) in [5, 5.41) is 0. The molecule has 6 heteroatoms. The van der Waals surface area contributed by atoms with Gasteiger partial charge in [-0.1, -0.05) is 0 Å². The van der Waals surface area contributed by atoms with E-state index in [-0.39, 0.29) is 18.5 Å². The number of benzene rings is 1. The lowest BCUT2D eigenvalue weighted by atomic mass is 10.1. The molecule has 6 nitrogen and oxygen atoms in total. The number of methoxy groups -OCH3 is 2. The van der Waals surface area contributed by atoms with Gasteiger partial charge in [-0.25, -0.2) is 0 Å². The van der Waals surface area contributed by atoms with E-state index in [2.05, 4.69) is 0 Å². The molecule has 0 bridgehead atoms. The first kappa shape index (κ1) is 22.0. The molecule has 0 saturated carbocycles. The minimum absolute atomic E-state index is 0.00498. The summed E-state index contributed by atoms with van der Waals surface area (Å²) in [5.74, 6) is 1.31. The Labute approximate surface area is 163 Å². The first-order valence-corrected chi connectivity index (χ1v) is 9.73. The molecule has 27 heavy (non-hydrogen) atoms. The second-order valence-electron chi connectivity index (χ2n) is 7.22. The third kappa shape index (κ3) is 6.64. The van der Waals surface area contributed by atoms with E-state index in [1.165, 1.54) is 0 Å². The molecule has 0 spiro atoms. The highest BCUT2D eigenvalue weighted by Crippen LogP contribution is 2.39. The highest BCUT2D eigenvalue weighted by molar-refractivity contribution is 5.49. The van der Waals surface area contributed by atoms with Crippen LogP contribution < -0.4 is 9.47 Å². The monoisotopic (exact) mass is 382 g/mol. The van der Waals surface area contributed by atoms with Crippen LogP contribution in [0.15, 0.2) is 12.1 Å². The molecule has 154 valence electrons. The molecule has 1 aromatic carbocycles. The predicted octanol–water partition coefficient (Wildman–Crippen LogP) is 4.60. The Morgan fingerprint density at radius 1 is 0.963 bits per heavy atom. The number of hydrogen-bond acceptors (Lipinski definition) is 6. The Hall–Kier alpha value is -1.34. The summed E-state index contributed by atoms with van der Waals surface area (Å²) < 4.78 is 34.8. The van der Waals surface area contributed by atoms with Gasteiger partial charge in [0.1, 0.15) is 11.5 Å². The van der Waals surface area contributed by atoms with Gasteiger partial charge < -0.3 is 28.4 Å². The molecule has 1 unspecified atom stereocenters. The molecule has 0 radical (unpaired) electrons. The summed E-state index contributed by atoms with van der Waals surface area (Å²) in [6, 6.07) is 3.89. The minimum atomic E-state index is -0.577. The lowest BCUT2D eigenvalue weighted by molar-refractivity contribution is -0.186. The van der Waals surface area contributed by atoms with E-state index in [9.17, 15) is 0 Å². The molecule has 0 aliphatic carbocycles. The van der Waals surface area contributed by atoms with E-state index < -0.39 is 6.29 Å². The van der Waals surface area contributed by atoms with Crippen LogP contribution in [0.3, 0.4) is 0 Å². The summed E-state index contributed by atoms with van der Waals surface area (Å²) >= 11 is 0. The van der Waals surface area contributed by atoms with Crippen molar-refractivity contribution in [2.24, 2.45) is 0 Å². The molecule has 2 rings (SSSR count). The van der Waals surface area contributed by atoms with Crippen LogP contribution in [0.5, 0.6) is 11.5 Å². The van der Waals surface area contributed by atoms with Gasteiger partial charge in [0.2, 0.25) is 0 Å². The van der Waals surface area contributed by atoms with Crippen LogP contribution >= 0.6 is 0 Å². The van der Waals surface area contributed by atoms with Crippen molar-refractivity contribution in [3.8, 4) is 11.5 Å². The molecule has 0 aromatic heterocycles. The fraction of sp³-hybridized carbons (Fsp3) is 0.714. The van der Waals surface area contributed by atoms with Gasteiger partial charge >= 0.3 is 0 Å². The van der Waals surface area contributed by atoms with Crippen molar-refractivity contribution >= 4 is 0 Å². The standard InChI is InChI=1S/C21H34O6/c1-14(2)26-21(27-15(3)4)20-17(22-5)11-16(12-18(20)23-6)13-25-19-9-7-8-10-24-19/h11-12,14-15,19,21H,7-10,13H2,1-6H3. The molecule has 0 amide bonds. The second kappa shape index (κ2) is 10.9. The van der Waals surface area contributed by atoms with Crippen LogP contribution in [0.2, 0.25) is 0 Å². The van der Waals surface area contributed by atoms with Crippen LogP contribution in [0, 0.1) is 0 Å². The van der Waals surface area contributed by atoms with Crippen LogP contribution in [0.4, 0.5) is 0 Å². The highest BCUT2D eigenvalue weighted by atomic mass is 16.7. The average Bonchev–Trinajstić information content (AvgIpc) is 2.65. The van der Waals surface area contributed by atoms with Crippen LogP contribution in [0.1, 0.15) is 64.4 Å². The Bertz CT molecular complexity index is 531.